The van der Waals surface area contributed by atoms with Gasteiger partial charge in [0.2, 0.25) is 10.0 Å². The van der Waals surface area contributed by atoms with E-state index in [1.54, 1.807) is 6.07 Å². The molecular formula is C19H23FN2O5S2. The molecule has 2 aromatic rings. The van der Waals surface area contributed by atoms with Gasteiger partial charge in [-0.05, 0) is 24.6 Å². The first-order valence-electron chi connectivity index (χ1n) is 9.08. The number of carbonyl (C=O) groups excluding carboxylic acids is 1. The molecular weight excluding hydrogens is 419 g/mol. The second kappa shape index (κ2) is 10.5. The maximum Gasteiger partial charge on any atom is 0.394 e. The summed E-state index contributed by atoms with van der Waals surface area (Å²) in [5, 5.41) is 9.07. The zero-order chi connectivity index (χ0) is 21.4. The number of hydrogen-bond acceptors (Lipinski definition) is 5. The van der Waals surface area contributed by atoms with Crippen molar-refractivity contribution in [1.82, 2.24) is 9.62 Å². The van der Waals surface area contributed by atoms with Gasteiger partial charge < -0.3 is 10.0 Å². The van der Waals surface area contributed by atoms with Gasteiger partial charge >= 0.3 is 11.9 Å². The molecule has 7 nitrogen and oxygen atoms in total. The number of hydrogen-bond donors (Lipinski definition) is 2. The quantitative estimate of drug-likeness (QED) is 0.435. The van der Waals surface area contributed by atoms with Gasteiger partial charge in [-0.25, -0.2) is 22.3 Å². The third-order valence-corrected chi connectivity index (χ3v) is 7.13. The summed E-state index contributed by atoms with van der Waals surface area (Å²) in [5.41, 5.74) is 0.170. The molecule has 29 heavy (non-hydrogen) atoms. The summed E-state index contributed by atoms with van der Waals surface area (Å²) in [4.78, 5) is 24.6. The summed E-state index contributed by atoms with van der Waals surface area (Å²) < 4.78 is 41.2. The molecule has 0 saturated heterocycles. The van der Waals surface area contributed by atoms with Crippen LogP contribution in [0.3, 0.4) is 0 Å². The highest BCUT2D eigenvalue weighted by Crippen LogP contribution is 2.24. The summed E-state index contributed by atoms with van der Waals surface area (Å²) in [5.74, 6) is -3.41. The van der Waals surface area contributed by atoms with E-state index >= 15 is 0 Å². The Bertz CT molecular complexity index is 959. The summed E-state index contributed by atoms with van der Waals surface area (Å²) in [6, 6.07) is 8.69. The van der Waals surface area contributed by atoms with E-state index in [-0.39, 0.29) is 22.9 Å². The molecule has 2 rings (SSSR count). The highest BCUT2D eigenvalue weighted by atomic mass is 32.2. The molecule has 0 spiro atoms. The van der Waals surface area contributed by atoms with E-state index in [0.29, 0.717) is 11.4 Å². The van der Waals surface area contributed by atoms with Crippen LogP contribution in [0, 0.1) is 5.82 Å². The number of thiophene rings is 1. The molecule has 0 unspecified atom stereocenters. The van der Waals surface area contributed by atoms with Gasteiger partial charge in [-0.2, -0.15) is 0 Å². The number of rotatable bonds is 10. The predicted octanol–water partition coefficient (Wildman–Crippen LogP) is 2.97. The number of benzene rings is 1. The van der Waals surface area contributed by atoms with E-state index in [4.69, 9.17) is 5.11 Å². The van der Waals surface area contributed by atoms with Gasteiger partial charge in [0.1, 0.15) is 10.0 Å². The van der Waals surface area contributed by atoms with Crippen molar-refractivity contribution in [2.45, 2.75) is 43.5 Å². The van der Waals surface area contributed by atoms with Crippen LogP contribution in [-0.4, -0.2) is 36.8 Å². The monoisotopic (exact) mass is 442 g/mol. The third kappa shape index (κ3) is 6.62. The first kappa shape index (κ1) is 23.0. The van der Waals surface area contributed by atoms with Crippen LogP contribution in [0.4, 0.5) is 4.39 Å². The lowest BCUT2D eigenvalue weighted by atomic mass is 10.2. The maximum atomic E-state index is 13.9. The number of nitrogens with zero attached hydrogens (tertiary/aromatic N) is 1. The van der Waals surface area contributed by atoms with E-state index in [1.165, 1.54) is 30.3 Å². The molecule has 1 aromatic carbocycles. The Morgan fingerprint density at radius 2 is 1.86 bits per heavy atom. The predicted molar refractivity (Wildman–Crippen MR) is 107 cm³/mol. The van der Waals surface area contributed by atoms with Gasteiger partial charge in [-0.3, -0.25) is 4.79 Å². The molecule has 0 aliphatic rings. The Balaban J connectivity index is 2.14. The van der Waals surface area contributed by atoms with Crippen LogP contribution in [0.2, 0.25) is 0 Å². The van der Waals surface area contributed by atoms with Crippen molar-refractivity contribution in [1.29, 1.82) is 0 Å². The molecule has 1 heterocycles. The summed E-state index contributed by atoms with van der Waals surface area (Å²) in [7, 11) is -3.67. The van der Waals surface area contributed by atoms with Crippen molar-refractivity contribution in [3.8, 4) is 0 Å². The standard InChI is InChI=1S/C19H23FN2O5S2/c1-2-3-6-11-21-29(26,27)17-10-9-15(28-17)13-22(18(23)19(24)25)12-14-7-4-5-8-16(14)20/h4-5,7-10,21H,2-3,6,11-13H2,1H3,(H,24,25). The van der Waals surface area contributed by atoms with E-state index in [2.05, 4.69) is 4.72 Å². The summed E-state index contributed by atoms with van der Waals surface area (Å²) in [6.07, 6.45) is 2.62. The summed E-state index contributed by atoms with van der Waals surface area (Å²) in [6.45, 7) is 1.97. The van der Waals surface area contributed by atoms with Crippen molar-refractivity contribution < 1.29 is 27.5 Å². The Kier molecular flexibility index (Phi) is 8.30. The molecule has 1 amide bonds. The number of carboxylic acids is 1. The Morgan fingerprint density at radius 1 is 1.14 bits per heavy atom. The third-order valence-electron chi connectivity index (χ3n) is 4.11. The first-order chi connectivity index (χ1) is 13.7. The molecule has 0 fully saturated rings. The lowest BCUT2D eigenvalue weighted by molar-refractivity contribution is -0.156. The van der Waals surface area contributed by atoms with Crippen LogP contribution in [0.5, 0.6) is 0 Å². The van der Waals surface area contributed by atoms with Gasteiger partial charge in [-0.1, -0.05) is 38.0 Å². The number of unbranched alkanes of at least 4 members (excludes halogenated alkanes) is 2. The number of carbonyl (C=O) groups is 2. The van der Waals surface area contributed by atoms with E-state index in [1.807, 2.05) is 6.92 Å². The van der Waals surface area contributed by atoms with Crippen LogP contribution in [0.1, 0.15) is 36.6 Å². The molecule has 10 heteroatoms. The minimum atomic E-state index is -3.67. The first-order valence-corrected chi connectivity index (χ1v) is 11.4. The molecule has 0 aliphatic heterocycles. The zero-order valence-electron chi connectivity index (χ0n) is 15.9. The number of aliphatic carboxylic acids is 1. The number of nitrogens with one attached hydrogen (secondary N) is 1. The second-order valence-electron chi connectivity index (χ2n) is 6.38. The average Bonchev–Trinajstić information content (AvgIpc) is 3.15. The Labute approximate surface area is 173 Å². The van der Waals surface area contributed by atoms with Gasteiger partial charge in [-0.15, -0.1) is 11.3 Å². The van der Waals surface area contributed by atoms with Gasteiger partial charge in [0, 0.05) is 23.5 Å². The van der Waals surface area contributed by atoms with Gasteiger partial charge in [0.05, 0.1) is 6.54 Å². The van der Waals surface area contributed by atoms with Crippen LogP contribution in [0.15, 0.2) is 40.6 Å². The number of sulfonamides is 1. The number of carboxylic acid groups (broad SMARTS) is 1. The average molecular weight is 443 g/mol. The van der Waals surface area contributed by atoms with E-state index in [9.17, 15) is 22.4 Å². The van der Waals surface area contributed by atoms with Gasteiger partial charge in [0.25, 0.3) is 0 Å². The minimum absolute atomic E-state index is 0.0811. The number of amides is 1. The maximum absolute atomic E-state index is 13.9. The molecule has 0 saturated carbocycles. The fraction of sp³-hybridized carbons (Fsp3) is 0.368. The molecule has 2 N–H and O–H groups in total. The fourth-order valence-electron chi connectivity index (χ4n) is 2.60. The molecule has 0 radical (unpaired) electrons. The highest BCUT2D eigenvalue weighted by Gasteiger charge is 2.24. The highest BCUT2D eigenvalue weighted by molar-refractivity contribution is 7.91. The van der Waals surface area contributed by atoms with Crippen molar-refractivity contribution in [3.63, 3.8) is 0 Å². The molecule has 0 bridgehead atoms. The van der Waals surface area contributed by atoms with Crippen molar-refractivity contribution >= 4 is 33.2 Å². The van der Waals surface area contributed by atoms with Crippen molar-refractivity contribution in [2.75, 3.05) is 6.54 Å². The van der Waals surface area contributed by atoms with Gasteiger partial charge in [0.15, 0.2) is 0 Å². The topological polar surface area (TPSA) is 104 Å². The molecule has 0 atom stereocenters. The Morgan fingerprint density at radius 3 is 2.52 bits per heavy atom. The number of halogens is 1. The molecule has 0 aliphatic carbocycles. The van der Waals surface area contributed by atoms with Crippen LogP contribution in [-0.2, 0) is 32.7 Å². The molecule has 158 valence electrons. The Hall–Kier alpha value is -2.30. The van der Waals surface area contributed by atoms with E-state index in [0.717, 1.165) is 35.5 Å². The SMILES string of the molecule is CCCCCNS(=O)(=O)c1ccc(CN(Cc2ccccc2F)C(=O)C(=O)O)s1. The van der Waals surface area contributed by atoms with E-state index < -0.39 is 27.7 Å². The molecule has 1 aromatic heterocycles. The summed E-state index contributed by atoms with van der Waals surface area (Å²) >= 11 is 0.945. The smallest absolute Gasteiger partial charge is 0.394 e. The zero-order valence-corrected chi connectivity index (χ0v) is 17.6. The van der Waals surface area contributed by atoms with Crippen molar-refractivity contribution in [3.05, 3.63) is 52.7 Å². The minimum Gasteiger partial charge on any atom is -0.474 e. The normalized spacial score (nSPS) is 11.4. The van der Waals surface area contributed by atoms with Crippen LogP contribution < -0.4 is 4.72 Å². The second-order valence-corrected chi connectivity index (χ2v) is 9.55. The van der Waals surface area contributed by atoms with Crippen LogP contribution >= 0.6 is 11.3 Å². The van der Waals surface area contributed by atoms with Crippen LogP contribution in [0.25, 0.3) is 0 Å². The largest absolute Gasteiger partial charge is 0.474 e. The lowest BCUT2D eigenvalue weighted by Crippen LogP contribution is -2.35. The fourth-order valence-corrected chi connectivity index (χ4v) is 5.09. The van der Waals surface area contributed by atoms with Crippen molar-refractivity contribution in [2.24, 2.45) is 0 Å². The lowest BCUT2D eigenvalue weighted by Gasteiger charge is -2.20.